The van der Waals surface area contributed by atoms with E-state index in [9.17, 15) is 4.79 Å². The summed E-state index contributed by atoms with van der Waals surface area (Å²) >= 11 is 3.26. The van der Waals surface area contributed by atoms with Crippen LogP contribution in [0.4, 0.5) is 11.4 Å². The number of hydrogen-bond acceptors (Lipinski definition) is 2. The first-order chi connectivity index (χ1) is 7.68. The molecule has 1 amide bonds. The number of aryl methyl sites for hydroxylation is 1. The average molecular weight is 283 g/mol. The van der Waals surface area contributed by atoms with Gasteiger partial charge in [0.1, 0.15) is 0 Å². The highest BCUT2D eigenvalue weighted by Crippen LogP contribution is 2.30. The highest BCUT2D eigenvalue weighted by Gasteiger charge is 2.15. The Morgan fingerprint density at radius 3 is 3.12 bits per heavy atom. The summed E-state index contributed by atoms with van der Waals surface area (Å²) in [4.78, 5) is 11.4. The van der Waals surface area contributed by atoms with Crippen LogP contribution in [0.5, 0.6) is 0 Å². The molecule has 0 spiro atoms. The van der Waals surface area contributed by atoms with Crippen LogP contribution in [0.15, 0.2) is 18.2 Å². The number of carbonyl (C=O) groups excluding carboxylic acids is 1. The van der Waals surface area contributed by atoms with E-state index in [0.29, 0.717) is 0 Å². The van der Waals surface area contributed by atoms with E-state index in [0.717, 1.165) is 30.8 Å². The zero-order valence-electron chi connectivity index (χ0n) is 9.22. The molecule has 0 saturated carbocycles. The molecule has 0 saturated heterocycles. The summed E-state index contributed by atoms with van der Waals surface area (Å²) in [6.07, 6.45) is 2.23. The molecule has 0 aliphatic carbocycles. The number of benzene rings is 1. The Labute approximate surface area is 104 Å². The molecule has 1 aromatic carbocycles. The van der Waals surface area contributed by atoms with Gasteiger partial charge >= 0.3 is 0 Å². The van der Waals surface area contributed by atoms with Crippen molar-refractivity contribution in [2.75, 3.05) is 17.2 Å². The normalized spacial score (nSPS) is 15.9. The number of fused-ring (bicyclic) bond motifs is 1. The lowest BCUT2D eigenvalue weighted by Gasteiger charge is -2.21. The van der Waals surface area contributed by atoms with Crippen LogP contribution >= 0.6 is 15.9 Å². The predicted molar refractivity (Wildman–Crippen MR) is 70.3 cm³/mol. The number of anilines is 2. The maximum Gasteiger partial charge on any atom is 0.237 e. The van der Waals surface area contributed by atoms with E-state index in [1.165, 1.54) is 5.56 Å². The number of para-hydroxylation sites is 1. The van der Waals surface area contributed by atoms with Gasteiger partial charge in [0.2, 0.25) is 5.91 Å². The van der Waals surface area contributed by atoms with Crippen LogP contribution in [-0.4, -0.2) is 17.3 Å². The molecule has 4 heteroatoms. The Bertz CT molecular complexity index is 404. The Morgan fingerprint density at radius 1 is 1.56 bits per heavy atom. The molecule has 1 unspecified atom stereocenters. The summed E-state index contributed by atoms with van der Waals surface area (Å²) < 4.78 is 0. The maximum atomic E-state index is 11.6. The quantitative estimate of drug-likeness (QED) is 0.819. The molecule has 86 valence electrons. The molecular formula is C12H15BrN2O. The molecule has 0 fully saturated rings. The Morgan fingerprint density at radius 2 is 2.38 bits per heavy atom. The van der Waals surface area contributed by atoms with Crippen LogP contribution in [-0.2, 0) is 11.2 Å². The zero-order valence-corrected chi connectivity index (χ0v) is 10.8. The Kier molecular flexibility index (Phi) is 3.49. The van der Waals surface area contributed by atoms with Gasteiger partial charge in [0.05, 0.1) is 16.2 Å². The van der Waals surface area contributed by atoms with Crippen LogP contribution in [0.25, 0.3) is 0 Å². The van der Waals surface area contributed by atoms with E-state index in [1.807, 2.05) is 19.1 Å². The molecular weight excluding hydrogens is 268 g/mol. The summed E-state index contributed by atoms with van der Waals surface area (Å²) in [5.74, 6) is -0.0132. The largest absolute Gasteiger partial charge is 0.383 e. The SMILES string of the molecule is CC(Br)C(=O)Nc1cccc2c1NCCC2. The summed E-state index contributed by atoms with van der Waals surface area (Å²) in [5.41, 5.74) is 3.25. The van der Waals surface area contributed by atoms with Crippen molar-refractivity contribution in [3.63, 3.8) is 0 Å². The molecule has 0 bridgehead atoms. The van der Waals surface area contributed by atoms with Crippen LogP contribution in [0.1, 0.15) is 18.9 Å². The van der Waals surface area contributed by atoms with Crippen LogP contribution in [0.3, 0.4) is 0 Å². The summed E-state index contributed by atoms with van der Waals surface area (Å²) in [6.45, 7) is 2.79. The first-order valence-electron chi connectivity index (χ1n) is 5.49. The van der Waals surface area contributed by atoms with Gasteiger partial charge in [-0.3, -0.25) is 4.79 Å². The highest BCUT2D eigenvalue weighted by molar-refractivity contribution is 9.10. The second kappa shape index (κ2) is 4.87. The minimum absolute atomic E-state index is 0.0132. The van der Waals surface area contributed by atoms with Crippen molar-refractivity contribution in [1.82, 2.24) is 0 Å². The molecule has 0 aromatic heterocycles. The molecule has 3 nitrogen and oxygen atoms in total. The van der Waals surface area contributed by atoms with Crippen LogP contribution in [0.2, 0.25) is 0 Å². The molecule has 2 N–H and O–H groups in total. The van der Waals surface area contributed by atoms with Gasteiger partial charge in [0, 0.05) is 6.54 Å². The van der Waals surface area contributed by atoms with E-state index in [-0.39, 0.29) is 10.7 Å². The van der Waals surface area contributed by atoms with Crippen molar-refractivity contribution in [3.8, 4) is 0 Å². The second-order valence-electron chi connectivity index (χ2n) is 3.98. The van der Waals surface area contributed by atoms with Crippen LogP contribution < -0.4 is 10.6 Å². The number of alkyl halides is 1. The van der Waals surface area contributed by atoms with E-state index in [2.05, 4.69) is 32.6 Å². The fraction of sp³-hybridized carbons (Fsp3) is 0.417. The molecule has 1 aliphatic heterocycles. The minimum atomic E-state index is -0.174. The molecule has 2 rings (SSSR count). The maximum absolute atomic E-state index is 11.6. The third-order valence-electron chi connectivity index (χ3n) is 2.69. The van der Waals surface area contributed by atoms with Gasteiger partial charge in [-0.15, -0.1) is 0 Å². The molecule has 16 heavy (non-hydrogen) atoms. The fourth-order valence-corrected chi connectivity index (χ4v) is 1.96. The van der Waals surface area contributed by atoms with Gasteiger partial charge < -0.3 is 10.6 Å². The third kappa shape index (κ3) is 2.38. The molecule has 1 heterocycles. The number of halogens is 1. The number of amides is 1. The topological polar surface area (TPSA) is 41.1 Å². The Hall–Kier alpha value is -1.03. The smallest absolute Gasteiger partial charge is 0.237 e. The van der Waals surface area contributed by atoms with Crippen molar-refractivity contribution < 1.29 is 4.79 Å². The van der Waals surface area contributed by atoms with Crippen molar-refractivity contribution in [3.05, 3.63) is 23.8 Å². The second-order valence-corrected chi connectivity index (χ2v) is 5.35. The van der Waals surface area contributed by atoms with E-state index < -0.39 is 0 Å². The van der Waals surface area contributed by atoms with Crippen LogP contribution in [0, 0.1) is 0 Å². The first-order valence-corrected chi connectivity index (χ1v) is 6.41. The van der Waals surface area contributed by atoms with Gasteiger partial charge in [0.15, 0.2) is 0 Å². The van der Waals surface area contributed by atoms with Gasteiger partial charge in [-0.25, -0.2) is 0 Å². The van der Waals surface area contributed by atoms with Crippen molar-refractivity contribution >= 4 is 33.2 Å². The lowest BCUT2D eigenvalue weighted by Crippen LogP contribution is -2.22. The van der Waals surface area contributed by atoms with E-state index in [1.54, 1.807) is 0 Å². The number of hydrogen-bond donors (Lipinski definition) is 2. The standard InChI is InChI=1S/C12H15BrN2O/c1-8(13)12(16)15-10-6-2-4-9-5-3-7-14-11(9)10/h2,4,6,8,14H,3,5,7H2,1H3,(H,15,16). The number of nitrogens with one attached hydrogen (secondary N) is 2. The van der Waals surface area contributed by atoms with Crippen molar-refractivity contribution in [2.45, 2.75) is 24.6 Å². The Balaban J connectivity index is 2.24. The highest BCUT2D eigenvalue weighted by atomic mass is 79.9. The average Bonchev–Trinajstić information content (AvgIpc) is 2.29. The van der Waals surface area contributed by atoms with Gasteiger partial charge in [-0.05, 0) is 31.4 Å². The summed E-state index contributed by atoms with van der Waals surface area (Å²) in [6, 6.07) is 6.03. The van der Waals surface area contributed by atoms with Gasteiger partial charge in [-0.2, -0.15) is 0 Å². The summed E-state index contributed by atoms with van der Waals surface area (Å²) in [5, 5.41) is 6.27. The van der Waals surface area contributed by atoms with E-state index in [4.69, 9.17) is 0 Å². The molecule has 1 aromatic rings. The molecule has 0 radical (unpaired) electrons. The lowest BCUT2D eigenvalue weighted by molar-refractivity contribution is -0.115. The summed E-state index contributed by atoms with van der Waals surface area (Å²) in [7, 11) is 0. The minimum Gasteiger partial charge on any atom is -0.383 e. The van der Waals surface area contributed by atoms with E-state index >= 15 is 0 Å². The van der Waals surface area contributed by atoms with Gasteiger partial charge in [0.25, 0.3) is 0 Å². The van der Waals surface area contributed by atoms with Crippen molar-refractivity contribution in [2.24, 2.45) is 0 Å². The predicted octanol–water partition coefficient (Wildman–Crippen LogP) is 2.77. The molecule has 1 aliphatic rings. The molecule has 1 atom stereocenters. The lowest BCUT2D eigenvalue weighted by atomic mass is 10.0. The fourth-order valence-electron chi connectivity index (χ4n) is 1.85. The monoisotopic (exact) mass is 282 g/mol. The first kappa shape index (κ1) is 11.5. The number of rotatable bonds is 2. The van der Waals surface area contributed by atoms with Crippen molar-refractivity contribution in [1.29, 1.82) is 0 Å². The third-order valence-corrected chi connectivity index (χ3v) is 3.11. The van der Waals surface area contributed by atoms with Gasteiger partial charge in [-0.1, -0.05) is 28.1 Å². The zero-order chi connectivity index (χ0) is 11.5. The number of carbonyl (C=O) groups is 1.